The van der Waals surface area contributed by atoms with Gasteiger partial charge in [0.1, 0.15) is 0 Å². The van der Waals surface area contributed by atoms with Gasteiger partial charge in [-0.05, 0) is 48.1 Å². The molecule has 1 aliphatic carbocycles. The molecule has 5 rings (SSSR count). The number of sulfonamides is 1. The predicted octanol–water partition coefficient (Wildman–Crippen LogP) is 5.96. The summed E-state index contributed by atoms with van der Waals surface area (Å²) in [6.07, 6.45) is 2.37. The van der Waals surface area contributed by atoms with Gasteiger partial charge in [-0.15, -0.1) is 11.3 Å². The van der Waals surface area contributed by atoms with Gasteiger partial charge in [-0.1, -0.05) is 90.5 Å². The molecular formula is C29H25NO3S2. The lowest BCUT2D eigenvalue weighted by molar-refractivity contribution is -0.119. The molecule has 176 valence electrons. The number of aryl methyl sites for hydroxylation is 1. The summed E-state index contributed by atoms with van der Waals surface area (Å²) in [6.45, 7) is 1.91. The summed E-state index contributed by atoms with van der Waals surface area (Å²) in [5.41, 5.74) is 2.34. The van der Waals surface area contributed by atoms with E-state index in [-0.39, 0.29) is 10.7 Å². The van der Waals surface area contributed by atoms with Crippen LogP contribution in [-0.4, -0.2) is 14.2 Å². The molecule has 1 aliphatic rings. The summed E-state index contributed by atoms with van der Waals surface area (Å²) < 4.78 is 29.6. The summed E-state index contributed by atoms with van der Waals surface area (Å²) in [7, 11) is -3.87. The van der Waals surface area contributed by atoms with Gasteiger partial charge in [0.2, 0.25) is 10.0 Å². The Morgan fingerprint density at radius 3 is 1.97 bits per heavy atom. The van der Waals surface area contributed by atoms with Crippen molar-refractivity contribution in [3.8, 4) is 0 Å². The first-order chi connectivity index (χ1) is 16.9. The second-order valence-electron chi connectivity index (χ2n) is 8.71. The number of hydrogen-bond donors (Lipinski definition) is 1. The number of ketones is 1. The van der Waals surface area contributed by atoms with Gasteiger partial charge in [-0.3, -0.25) is 4.79 Å². The zero-order valence-corrected chi connectivity index (χ0v) is 20.9. The van der Waals surface area contributed by atoms with E-state index in [0.717, 1.165) is 21.6 Å². The van der Waals surface area contributed by atoms with Crippen molar-refractivity contribution in [1.29, 1.82) is 0 Å². The summed E-state index contributed by atoms with van der Waals surface area (Å²) in [5, 5.41) is 1.89. The quantitative estimate of drug-likeness (QED) is 0.341. The average Bonchev–Trinajstić information content (AvgIpc) is 3.53. The van der Waals surface area contributed by atoms with Crippen LogP contribution in [0, 0.1) is 6.92 Å². The van der Waals surface area contributed by atoms with Crippen LogP contribution in [0.1, 0.15) is 34.0 Å². The molecule has 0 aliphatic heterocycles. The lowest BCUT2D eigenvalue weighted by Crippen LogP contribution is -2.38. The van der Waals surface area contributed by atoms with Gasteiger partial charge in [-0.2, -0.15) is 4.72 Å². The van der Waals surface area contributed by atoms with Crippen molar-refractivity contribution in [2.45, 2.75) is 29.7 Å². The minimum absolute atomic E-state index is 0.0834. The Balaban J connectivity index is 1.58. The molecule has 4 aromatic rings. The third kappa shape index (κ3) is 4.29. The Hall–Kier alpha value is -3.32. The first kappa shape index (κ1) is 23.4. The lowest BCUT2D eigenvalue weighted by Gasteiger charge is -2.30. The van der Waals surface area contributed by atoms with E-state index in [0.29, 0.717) is 12.0 Å². The number of rotatable bonds is 7. The highest BCUT2D eigenvalue weighted by molar-refractivity contribution is 7.89. The molecular weight excluding hydrogens is 474 g/mol. The van der Waals surface area contributed by atoms with Crippen molar-refractivity contribution in [1.82, 2.24) is 4.72 Å². The van der Waals surface area contributed by atoms with E-state index in [4.69, 9.17) is 0 Å². The number of allylic oxidation sites excluding steroid dienone is 1. The number of carbonyl (C=O) groups is 1. The number of nitrogens with one attached hydrogen (secondary N) is 1. The van der Waals surface area contributed by atoms with Gasteiger partial charge in [0, 0.05) is 10.5 Å². The van der Waals surface area contributed by atoms with Gasteiger partial charge >= 0.3 is 0 Å². The Morgan fingerprint density at radius 2 is 1.43 bits per heavy atom. The van der Waals surface area contributed by atoms with Crippen LogP contribution in [0.3, 0.4) is 0 Å². The van der Waals surface area contributed by atoms with E-state index >= 15 is 0 Å². The van der Waals surface area contributed by atoms with Crippen LogP contribution < -0.4 is 4.72 Å². The molecule has 35 heavy (non-hydrogen) atoms. The average molecular weight is 500 g/mol. The van der Waals surface area contributed by atoms with Crippen molar-refractivity contribution in [3.05, 3.63) is 136 Å². The van der Waals surface area contributed by atoms with Crippen LogP contribution in [0.25, 0.3) is 0 Å². The highest BCUT2D eigenvalue weighted by atomic mass is 32.2. The Bertz CT molecular complexity index is 1420. The molecule has 0 spiro atoms. The molecule has 0 fully saturated rings. The predicted molar refractivity (Wildman–Crippen MR) is 140 cm³/mol. The van der Waals surface area contributed by atoms with Gasteiger partial charge < -0.3 is 0 Å². The Labute approximate surface area is 210 Å². The molecule has 1 heterocycles. The highest BCUT2D eigenvalue weighted by Gasteiger charge is 2.48. The van der Waals surface area contributed by atoms with Crippen molar-refractivity contribution >= 4 is 27.1 Å². The SMILES string of the molecule is Cc1ccc(S(=O)(=O)N[C@H](C2=CCC(c3ccccc3)(c3ccccc3)C2=O)c2cccs2)cc1. The van der Waals surface area contributed by atoms with E-state index in [1.807, 2.05) is 91.2 Å². The minimum Gasteiger partial charge on any atom is -0.293 e. The standard InChI is InChI=1S/C29H25NO3S2/c1-21-14-16-24(17-15-21)35(32,33)30-27(26-13-8-20-34-26)25-18-19-29(28(25)31,22-9-4-2-5-10-22)23-11-6-3-7-12-23/h2-18,20,27,30H,19H2,1H3/t27-/m1/s1. The first-order valence-electron chi connectivity index (χ1n) is 11.4. The van der Waals surface area contributed by atoms with Crippen LogP contribution >= 0.6 is 11.3 Å². The third-order valence-electron chi connectivity index (χ3n) is 6.55. The fourth-order valence-electron chi connectivity index (χ4n) is 4.72. The molecule has 1 aromatic heterocycles. The van der Waals surface area contributed by atoms with Gasteiger partial charge in [0.15, 0.2) is 5.78 Å². The fourth-order valence-corrected chi connectivity index (χ4v) is 6.79. The molecule has 0 amide bonds. The Morgan fingerprint density at radius 1 is 0.829 bits per heavy atom. The van der Waals surface area contributed by atoms with Crippen molar-refractivity contribution in [2.24, 2.45) is 0 Å². The van der Waals surface area contributed by atoms with Gasteiger partial charge in [0.25, 0.3) is 0 Å². The van der Waals surface area contributed by atoms with Gasteiger partial charge in [0.05, 0.1) is 16.4 Å². The van der Waals surface area contributed by atoms with E-state index in [1.54, 1.807) is 24.3 Å². The van der Waals surface area contributed by atoms with Crippen LogP contribution in [0.2, 0.25) is 0 Å². The minimum atomic E-state index is -3.87. The van der Waals surface area contributed by atoms with E-state index in [2.05, 4.69) is 4.72 Å². The lowest BCUT2D eigenvalue weighted by atomic mass is 9.70. The molecule has 0 radical (unpaired) electrons. The maximum atomic E-state index is 14.3. The largest absolute Gasteiger partial charge is 0.293 e. The molecule has 0 saturated carbocycles. The zero-order chi connectivity index (χ0) is 24.5. The van der Waals surface area contributed by atoms with E-state index in [9.17, 15) is 13.2 Å². The molecule has 1 N–H and O–H groups in total. The second-order valence-corrected chi connectivity index (χ2v) is 11.4. The second kappa shape index (κ2) is 9.38. The normalized spacial score (nSPS) is 16.1. The van der Waals surface area contributed by atoms with Crippen molar-refractivity contribution in [2.75, 3.05) is 0 Å². The van der Waals surface area contributed by atoms with Gasteiger partial charge in [-0.25, -0.2) is 8.42 Å². The summed E-state index contributed by atoms with van der Waals surface area (Å²) in [6, 6.07) is 29.2. The molecule has 1 atom stereocenters. The molecule has 3 aromatic carbocycles. The monoisotopic (exact) mass is 499 g/mol. The molecule has 0 saturated heterocycles. The zero-order valence-electron chi connectivity index (χ0n) is 19.2. The maximum absolute atomic E-state index is 14.3. The fraction of sp³-hybridized carbons (Fsp3) is 0.138. The van der Waals surface area contributed by atoms with E-state index in [1.165, 1.54) is 11.3 Å². The number of carbonyl (C=O) groups excluding carboxylic acids is 1. The molecule has 6 heteroatoms. The van der Waals surface area contributed by atoms with Crippen LogP contribution in [0.15, 0.2) is 119 Å². The summed E-state index contributed by atoms with van der Waals surface area (Å²) in [4.78, 5) is 15.3. The first-order valence-corrected chi connectivity index (χ1v) is 13.8. The number of benzene rings is 3. The van der Waals surface area contributed by atoms with Crippen molar-refractivity contribution < 1.29 is 13.2 Å². The molecule has 0 unspecified atom stereocenters. The smallest absolute Gasteiger partial charge is 0.241 e. The van der Waals surface area contributed by atoms with Crippen LogP contribution in [0.4, 0.5) is 0 Å². The van der Waals surface area contributed by atoms with Crippen LogP contribution in [-0.2, 0) is 20.2 Å². The topological polar surface area (TPSA) is 63.2 Å². The Kier molecular flexibility index (Phi) is 6.28. The maximum Gasteiger partial charge on any atom is 0.241 e. The van der Waals surface area contributed by atoms with Crippen LogP contribution in [0.5, 0.6) is 0 Å². The highest BCUT2D eigenvalue weighted by Crippen LogP contribution is 2.46. The number of thiophene rings is 1. The summed E-state index contributed by atoms with van der Waals surface area (Å²) in [5.74, 6) is -0.0834. The third-order valence-corrected chi connectivity index (χ3v) is 8.93. The number of hydrogen-bond acceptors (Lipinski definition) is 4. The number of Topliss-reactive ketones (excluding diaryl/α,β-unsaturated/α-hetero) is 1. The van der Waals surface area contributed by atoms with E-state index < -0.39 is 21.5 Å². The van der Waals surface area contributed by atoms with Crippen molar-refractivity contribution in [3.63, 3.8) is 0 Å². The summed E-state index contributed by atoms with van der Waals surface area (Å²) >= 11 is 1.43. The molecule has 0 bridgehead atoms. The molecule has 4 nitrogen and oxygen atoms in total.